The monoisotopic (exact) mass is 392 g/mol. The molecule has 1 nitrogen and oxygen atoms in total. The quantitative estimate of drug-likeness (QED) is 0.587. The fourth-order valence-electron chi connectivity index (χ4n) is 1.38. The maximum absolute atomic E-state index is 13.3. The summed E-state index contributed by atoms with van der Waals surface area (Å²) in [6.45, 7) is 0. The van der Waals surface area contributed by atoms with Gasteiger partial charge in [-0.2, -0.15) is 0 Å². The van der Waals surface area contributed by atoms with Gasteiger partial charge in [-0.15, -0.1) is 0 Å². The van der Waals surface area contributed by atoms with Crippen LogP contribution in [-0.4, -0.2) is 0 Å². The van der Waals surface area contributed by atoms with Gasteiger partial charge in [0.2, 0.25) is 0 Å². The fourth-order valence-corrected chi connectivity index (χ4v) is 2.86. The number of halogens is 4. The maximum Gasteiger partial charge on any atom is 0.145 e. The molecule has 0 N–H and O–H groups in total. The van der Waals surface area contributed by atoms with Gasteiger partial charge in [0.1, 0.15) is 17.3 Å². The van der Waals surface area contributed by atoms with Crippen LogP contribution >= 0.6 is 43.5 Å². The molecule has 0 bridgehead atoms. The normalized spacial score (nSPS) is 10.4. The van der Waals surface area contributed by atoms with E-state index in [0.717, 1.165) is 15.4 Å². The van der Waals surface area contributed by atoms with Crippen LogP contribution < -0.4 is 4.74 Å². The lowest BCUT2D eigenvalue weighted by Gasteiger charge is -2.08. The highest BCUT2D eigenvalue weighted by Gasteiger charge is 2.05. The first kappa shape index (κ1) is 13.8. The standard InChI is InChI=1S/C13H8Br2ClFO/c14-7-8-1-2-9(5-11(8)15)18-10-3-4-12(16)13(17)6-10/h1-6H,7H2. The Morgan fingerprint density at radius 2 is 1.78 bits per heavy atom. The minimum atomic E-state index is -0.495. The van der Waals surface area contributed by atoms with Crippen molar-refractivity contribution in [2.75, 3.05) is 0 Å². The van der Waals surface area contributed by atoms with Crippen molar-refractivity contribution in [1.82, 2.24) is 0 Å². The minimum Gasteiger partial charge on any atom is -0.457 e. The van der Waals surface area contributed by atoms with E-state index in [0.29, 0.717) is 11.5 Å². The summed E-state index contributed by atoms with van der Waals surface area (Å²) >= 11 is 12.4. The predicted octanol–water partition coefficient (Wildman–Crippen LogP) is 5.93. The summed E-state index contributed by atoms with van der Waals surface area (Å²) in [6, 6.07) is 9.94. The molecule has 2 rings (SSSR count). The lowest BCUT2D eigenvalue weighted by Crippen LogP contribution is -1.88. The maximum atomic E-state index is 13.3. The first-order chi connectivity index (χ1) is 8.60. The van der Waals surface area contributed by atoms with Crippen molar-refractivity contribution in [3.8, 4) is 11.5 Å². The van der Waals surface area contributed by atoms with Crippen LogP contribution in [0.4, 0.5) is 4.39 Å². The van der Waals surface area contributed by atoms with Crippen molar-refractivity contribution >= 4 is 43.5 Å². The molecule has 0 radical (unpaired) electrons. The van der Waals surface area contributed by atoms with Crippen LogP contribution in [0.2, 0.25) is 5.02 Å². The predicted molar refractivity (Wildman–Crippen MR) is 78.3 cm³/mol. The second-order valence-corrected chi connectivity index (χ2v) is 5.39. The van der Waals surface area contributed by atoms with Gasteiger partial charge in [-0.05, 0) is 29.8 Å². The number of alkyl halides is 1. The van der Waals surface area contributed by atoms with Crippen LogP contribution in [-0.2, 0) is 5.33 Å². The highest BCUT2D eigenvalue weighted by atomic mass is 79.9. The molecule has 0 aliphatic rings. The van der Waals surface area contributed by atoms with Gasteiger partial charge in [-0.3, -0.25) is 0 Å². The van der Waals surface area contributed by atoms with Crippen LogP contribution in [0, 0.1) is 5.82 Å². The van der Waals surface area contributed by atoms with E-state index in [1.807, 2.05) is 18.2 Å². The van der Waals surface area contributed by atoms with Gasteiger partial charge in [0.15, 0.2) is 0 Å². The molecule has 0 spiro atoms. The first-order valence-corrected chi connectivity index (χ1v) is 7.36. The zero-order chi connectivity index (χ0) is 13.1. The third kappa shape index (κ3) is 3.25. The van der Waals surface area contributed by atoms with Crippen LogP contribution in [0.25, 0.3) is 0 Å². The fraction of sp³-hybridized carbons (Fsp3) is 0.0769. The van der Waals surface area contributed by atoms with Crippen molar-refractivity contribution in [2.24, 2.45) is 0 Å². The van der Waals surface area contributed by atoms with Gasteiger partial charge in [-0.25, -0.2) is 4.39 Å². The van der Waals surface area contributed by atoms with Gasteiger partial charge in [0.05, 0.1) is 5.02 Å². The van der Waals surface area contributed by atoms with Crippen LogP contribution in [0.5, 0.6) is 11.5 Å². The smallest absolute Gasteiger partial charge is 0.145 e. The molecular formula is C13H8Br2ClFO. The molecule has 94 valence electrons. The molecule has 5 heteroatoms. The third-order valence-corrected chi connectivity index (χ3v) is 3.94. The molecule has 0 unspecified atom stereocenters. The molecule has 0 atom stereocenters. The van der Waals surface area contributed by atoms with E-state index >= 15 is 0 Å². The van der Waals surface area contributed by atoms with E-state index in [-0.39, 0.29) is 5.02 Å². The summed E-state index contributed by atoms with van der Waals surface area (Å²) in [5, 5.41) is 0.835. The van der Waals surface area contributed by atoms with Gasteiger partial charge >= 0.3 is 0 Å². The van der Waals surface area contributed by atoms with Crippen molar-refractivity contribution < 1.29 is 9.13 Å². The molecule has 0 aliphatic carbocycles. The van der Waals surface area contributed by atoms with Gasteiger partial charge in [0.25, 0.3) is 0 Å². The van der Waals surface area contributed by atoms with Crippen molar-refractivity contribution in [3.05, 3.63) is 57.3 Å². The average molecular weight is 394 g/mol. The Labute approximate surface area is 126 Å². The molecule has 18 heavy (non-hydrogen) atoms. The van der Waals surface area contributed by atoms with Crippen LogP contribution in [0.1, 0.15) is 5.56 Å². The minimum absolute atomic E-state index is 0.0816. The van der Waals surface area contributed by atoms with E-state index in [4.69, 9.17) is 16.3 Å². The number of hydrogen-bond donors (Lipinski definition) is 0. The van der Waals surface area contributed by atoms with E-state index in [1.165, 1.54) is 12.1 Å². The lowest BCUT2D eigenvalue weighted by molar-refractivity contribution is 0.476. The third-order valence-electron chi connectivity index (χ3n) is 2.30. The zero-order valence-electron chi connectivity index (χ0n) is 9.09. The lowest BCUT2D eigenvalue weighted by atomic mass is 10.2. The summed E-state index contributed by atoms with van der Waals surface area (Å²) in [5.74, 6) is 0.550. The van der Waals surface area contributed by atoms with Crippen LogP contribution in [0.15, 0.2) is 40.9 Å². The Balaban J connectivity index is 2.23. The summed E-state index contributed by atoms with van der Waals surface area (Å²) in [4.78, 5) is 0. The van der Waals surface area contributed by atoms with E-state index < -0.39 is 5.82 Å². The van der Waals surface area contributed by atoms with Crippen LogP contribution in [0.3, 0.4) is 0 Å². The molecule has 2 aromatic rings. The molecule has 0 saturated heterocycles. The van der Waals surface area contributed by atoms with E-state index in [9.17, 15) is 4.39 Å². The summed E-state index contributed by atoms with van der Waals surface area (Å²) in [6.07, 6.45) is 0. The molecule has 0 aromatic heterocycles. The number of hydrogen-bond acceptors (Lipinski definition) is 1. The number of rotatable bonds is 3. The van der Waals surface area contributed by atoms with Gasteiger partial charge < -0.3 is 4.74 Å². The Morgan fingerprint density at radius 1 is 1.11 bits per heavy atom. The Hall–Kier alpha value is -0.580. The molecule has 0 amide bonds. The topological polar surface area (TPSA) is 9.23 Å². The molecule has 2 aromatic carbocycles. The SMILES string of the molecule is Fc1cc(Oc2ccc(CBr)c(Br)c2)ccc1Cl. The molecule has 0 aliphatic heterocycles. The Morgan fingerprint density at radius 3 is 2.39 bits per heavy atom. The van der Waals surface area contributed by atoms with Crippen molar-refractivity contribution in [2.45, 2.75) is 5.33 Å². The first-order valence-electron chi connectivity index (χ1n) is 5.07. The van der Waals surface area contributed by atoms with E-state index in [1.54, 1.807) is 6.07 Å². The highest BCUT2D eigenvalue weighted by molar-refractivity contribution is 9.10. The second-order valence-electron chi connectivity index (χ2n) is 3.56. The largest absolute Gasteiger partial charge is 0.457 e. The molecular weight excluding hydrogens is 386 g/mol. The summed E-state index contributed by atoms with van der Waals surface area (Å²) in [5.41, 5.74) is 1.12. The van der Waals surface area contributed by atoms with Gasteiger partial charge in [-0.1, -0.05) is 49.5 Å². The van der Waals surface area contributed by atoms with E-state index in [2.05, 4.69) is 31.9 Å². The number of ether oxygens (including phenoxy) is 1. The zero-order valence-corrected chi connectivity index (χ0v) is 13.0. The summed E-state index contributed by atoms with van der Waals surface area (Å²) < 4.78 is 19.7. The Kier molecular flexibility index (Phi) is 4.65. The Bertz CT molecular complexity index is 575. The molecule has 0 saturated carbocycles. The molecule has 0 fully saturated rings. The highest BCUT2D eigenvalue weighted by Crippen LogP contribution is 2.29. The van der Waals surface area contributed by atoms with Crippen molar-refractivity contribution in [3.63, 3.8) is 0 Å². The summed E-state index contributed by atoms with van der Waals surface area (Å²) in [7, 11) is 0. The average Bonchev–Trinajstić information content (AvgIpc) is 2.34. The molecule has 0 heterocycles. The number of benzene rings is 2. The van der Waals surface area contributed by atoms with Gasteiger partial charge in [0, 0.05) is 15.9 Å². The van der Waals surface area contributed by atoms with Crippen molar-refractivity contribution in [1.29, 1.82) is 0 Å². The second kappa shape index (κ2) is 6.04.